The summed E-state index contributed by atoms with van der Waals surface area (Å²) in [5.74, 6) is 0.570. The molecule has 86 valence electrons. The van der Waals surface area contributed by atoms with Crippen molar-refractivity contribution in [3.05, 3.63) is 0 Å². The highest BCUT2D eigenvalue weighted by atomic mass is 35.5. The third-order valence-corrected chi connectivity index (χ3v) is 1.92. The van der Waals surface area contributed by atoms with E-state index in [1.807, 2.05) is 13.8 Å². The smallest absolute Gasteiger partial charge is 0.0602 e. The molecular weight excluding hydrogens is 202 g/mol. The van der Waals surface area contributed by atoms with Crippen molar-refractivity contribution >= 4 is 11.6 Å². The number of halogens is 1. The van der Waals surface area contributed by atoms with Crippen LogP contribution in [0.5, 0.6) is 0 Å². The van der Waals surface area contributed by atoms with Crippen molar-refractivity contribution in [2.75, 3.05) is 45.8 Å². The van der Waals surface area contributed by atoms with Gasteiger partial charge in [-0.15, -0.1) is 11.6 Å². The average molecular weight is 224 g/mol. The molecule has 0 fully saturated rings. The van der Waals surface area contributed by atoms with Crippen molar-refractivity contribution in [1.82, 2.24) is 4.90 Å². The molecule has 0 N–H and O–H groups in total. The van der Waals surface area contributed by atoms with Gasteiger partial charge in [0, 0.05) is 19.0 Å². The first-order chi connectivity index (χ1) is 6.66. The Hall–Kier alpha value is 0.170. The van der Waals surface area contributed by atoms with E-state index in [1.165, 1.54) is 0 Å². The highest BCUT2D eigenvalue weighted by Crippen LogP contribution is 1.89. The van der Waals surface area contributed by atoms with Crippen molar-refractivity contribution in [3.63, 3.8) is 0 Å². The first-order valence-corrected chi connectivity index (χ1v) is 5.64. The Morgan fingerprint density at radius 1 is 1.14 bits per heavy atom. The number of ether oxygens (including phenoxy) is 2. The maximum Gasteiger partial charge on any atom is 0.0602 e. The third-order valence-electron chi connectivity index (χ3n) is 1.76. The fourth-order valence-electron chi connectivity index (χ4n) is 0.933. The van der Waals surface area contributed by atoms with Crippen LogP contribution < -0.4 is 0 Å². The molecule has 3 nitrogen and oxygen atoms in total. The van der Waals surface area contributed by atoms with Crippen LogP contribution >= 0.6 is 11.6 Å². The third kappa shape index (κ3) is 10.3. The molecule has 0 rings (SSSR count). The zero-order valence-corrected chi connectivity index (χ0v) is 10.2. The number of nitrogens with zero attached hydrogens (tertiary/aromatic N) is 1. The zero-order chi connectivity index (χ0) is 10.8. The molecule has 0 atom stereocenters. The van der Waals surface area contributed by atoms with Gasteiger partial charge in [-0.3, -0.25) is 0 Å². The summed E-state index contributed by atoms with van der Waals surface area (Å²) in [5.41, 5.74) is 0. The van der Waals surface area contributed by atoms with E-state index < -0.39 is 0 Å². The van der Waals surface area contributed by atoms with Gasteiger partial charge in [0.1, 0.15) is 0 Å². The lowest BCUT2D eigenvalue weighted by atomic mass is 10.5. The van der Waals surface area contributed by atoms with Crippen molar-refractivity contribution in [1.29, 1.82) is 0 Å². The van der Waals surface area contributed by atoms with Gasteiger partial charge in [-0.1, -0.05) is 0 Å². The summed E-state index contributed by atoms with van der Waals surface area (Å²) in [7, 11) is 2.06. The molecule has 0 aliphatic rings. The summed E-state index contributed by atoms with van der Waals surface area (Å²) in [6.07, 6.45) is 0.316. The SMILES string of the molecule is CC(C)OCCN(C)CCOCCCl. The normalized spacial score (nSPS) is 11.6. The fourth-order valence-corrected chi connectivity index (χ4v) is 1.04. The van der Waals surface area contributed by atoms with Gasteiger partial charge in [-0.05, 0) is 20.9 Å². The maximum atomic E-state index is 5.48. The molecule has 0 spiro atoms. The first kappa shape index (κ1) is 14.2. The number of rotatable bonds is 9. The van der Waals surface area contributed by atoms with E-state index in [1.54, 1.807) is 0 Å². The van der Waals surface area contributed by atoms with Crippen LogP contribution in [0, 0.1) is 0 Å². The van der Waals surface area contributed by atoms with Gasteiger partial charge in [0.25, 0.3) is 0 Å². The van der Waals surface area contributed by atoms with Crippen molar-refractivity contribution in [2.24, 2.45) is 0 Å². The second-order valence-electron chi connectivity index (χ2n) is 3.52. The van der Waals surface area contributed by atoms with Crippen LogP contribution in [0.1, 0.15) is 13.8 Å². The van der Waals surface area contributed by atoms with Crippen molar-refractivity contribution in [3.8, 4) is 0 Å². The highest BCUT2D eigenvalue weighted by Gasteiger charge is 1.99. The summed E-state index contributed by atoms with van der Waals surface area (Å²) in [5, 5.41) is 0. The standard InChI is InChI=1S/C10H22ClNO2/c1-10(2)14-9-6-12(3)5-8-13-7-4-11/h10H,4-9H2,1-3H3. The first-order valence-electron chi connectivity index (χ1n) is 5.10. The Morgan fingerprint density at radius 2 is 1.79 bits per heavy atom. The van der Waals surface area contributed by atoms with E-state index in [2.05, 4.69) is 11.9 Å². The monoisotopic (exact) mass is 223 g/mol. The molecule has 0 aliphatic heterocycles. The Kier molecular flexibility index (Phi) is 9.83. The van der Waals surface area contributed by atoms with Crippen LogP contribution in [0.4, 0.5) is 0 Å². The molecule has 4 heteroatoms. The summed E-state index contributed by atoms with van der Waals surface area (Å²) >= 11 is 5.48. The fraction of sp³-hybridized carbons (Fsp3) is 1.00. The van der Waals surface area contributed by atoms with Gasteiger partial charge in [0.15, 0.2) is 0 Å². The van der Waals surface area contributed by atoms with Crippen LogP contribution in [0.2, 0.25) is 0 Å². The molecular formula is C10H22ClNO2. The molecule has 0 saturated carbocycles. The summed E-state index contributed by atoms with van der Waals surface area (Å²) in [6, 6.07) is 0. The lowest BCUT2D eigenvalue weighted by Gasteiger charge is -2.17. The topological polar surface area (TPSA) is 21.7 Å². The Morgan fingerprint density at radius 3 is 2.36 bits per heavy atom. The number of likely N-dealkylation sites (N-methyl/N-ethyl adjacent to an activating group) is 1. The molecule has 0 heterocycles. The minimum Gasteiger partial charge on any atom is -0.379 e. The van der Waals surface area contributed by atoms with E-state index in [9.17, 15) is 0 Å². The van der Waals surface area contributed by atoms with E-state index in [-0.39, 0.29) is 0 Å². The lowest BCUT2D eigenvalue weighted by molar-refractivity contribution is 0.0556. The van der Waals surface area contributed by atoms with E-state index in [0.717, 1.165) is 26.3 Å². The van der Waals surface area contributed by atoms with Gasteiger partial charge >= 0.3 is 0 Å². The van der Waals surface area contributed by atoms with E-state index in [0.29, 0.717) is 18.6 Å². The summed E-state index contributed by atoms with van der Waals surface area (Å²) in [6.45, 7) is 8.13. The molecule has 0 radical (unpaired) electrons. The Balaban J connectivity index is 3.15. The van der Waals surface area contributed by atoms with Gasteiger partial charge in [-0.2, -0.15) is 0 Å². The predicted molar refractivity (Wildman–Crippen MR) is 60.1 cm³/mol. The van der Waals surface area contributed by atoms with Crippen molar-refractivity contribution in [2.45, 2.75) is 20.0 Å². The summed E-state index contributed by atoms with van der Waals surface area (Å²) < 4.78 is 10.7. The summed E-state index contributed by atoms with van der Waals surface area (Å²) in [4.78, 5) is 2.19. The van der Waals surface area contributed by atoms with Crippen LogP contribution in [-0.2, 0) is 9.47 Å². The molecule has 0 aromatic carbocycles. The Bertz CT molecular complexity index is 123. The molecule has 0 amide bonds. The molecule has 14 heavy (non-hydrogen) atoms. The van der Waals surface area contributed by atoms with Gasteiger partial charge in [-0.25, -0.2) is 0 Å². The largest absolute Gasteiger partial charge is 0.379 e. The van der Waals surface area contributed by atoms with Crippen LogP contribution in [-0.4, -0.2) is 56.8 Å². The molecule has 0 bridgehead atoms. The number of alkyl halides is 1. The second-order valence-corrected chi connectivity index (χ2v) is 3.90. The maximum absolute atomic E-state index is 5.48. The van der Waals surface area contributed by atoms with Crippen LogP contribution in [0.25, 0.3) is 0 Å². The van der Waals surface area contributed by atoms with Crippen LogP contribution in [0.3, 0.4) is 0 Å². The predicted octanol–water partition coefficient (Wildman–Crippen LogP) is 1.60. The highest BCUT2D eigenvalue weighted by molar-refractivity contribution is 6.17. The number of hydrogen-bond acceptors (Lipinski definition) is 3. The van der Waals surface area contributed by atoms with E-state index in [4.69, 9.17) is 21.1 Å². The average Bonchev–Trinajstić information content (AvgIpc) is 2.12. The van der Waals surface area contributed by atoms with E-state index >= 15 is 0 Å². The molecule has 0 saturated heterocycles. The van der Waals surface area contributed by atoms with Gasteiger partial charge < -0.3 is 14.4 Å². The second kappa shape index (κ2) is 9.71. The van der Waals surface area contributed by atoms with Crippen molar-refractivity contribution < 1.29 is 9.47 Å². The van der Waals surface area contributed by atoms with Crippen LogP contribution in [0.15, 0.2) is 0 Å². The molecule has 0 aromatic rings. The van der Waals surface area contributed by atoms with Gasteiger partial charge in [0.2, 0.25) is 0 Å². The Labute approximate surface area is 92.3 Å². The zero-order valence-electron chi connectivity index (χ0n) is 9.46. The number of hydrogen-bond donors (Lipinski definition) is 0. The minimum absolute atomic E-state index is 0.316. The van der Waals surface area contributed by atoms with Gasteiger partial charge in [0.05, 0.1) is 25.9 Å². The molecule has 0 aromatic heterocycles. The molecule has 0 unspecified atom stereocenters. The molecule has 0 aliphatic carbocycles. The lowest BCUT2D eigenvalue weighted by Crippen LogP contribution is -2.28. The quantitative estimate of drug-likeness (QED) is 0.438. The minimum atomic E-state index is 0.316.